The van der Waals surface area contributed by atoms with Gasteiger partial charge >= 0.3 is 12.4 Å². The summed E-state index contributed by atoms with van der Waals surface area (Å²) in [5.74, 6) is -0.589. The maximum atomic E-state index is 13.3. The molecular formula is C27H28F7N5O. The standard InChI is InChI=1S/C27H28F7N5O/c28-22-3-1-18(2-4-22)19-6-9-39(10-7-19)23-5-8-25(14-23,16-37-38-35)24(40)36-15-17-11-20(26(29,30)31)13-21(12-17)27(32,33)34/h1-4,11-13,19,23H,5-10,14-16H2,(H,36,40). The Labute approximate surface area is 226 Å². The van der Waals surface area contributed by atoms with Gasteiger partial charge in [0.2, 0.25) is 5.91 Å². The SMILES string of the molecule is [N-]=[N+]=NCC1(C(=O)NCc2cc(C(F)(F)F)cc(C(F)(F)F)c2)CCC(N2CCC(c3ccc(F)cc3)CC2)C1. The fourth-order valence-electron chi connectivity index (χ4n) is 5.82. The van der Waals surface area contributed by atoms with Crippen LogP contribution in [0.5, 0.6) is 0 Å². The second-order valence-electron chi connectivity index (χ2n) is 10.5. The molecule has 1 aliphatic carbocycles. The smallest absolute Gasteiger partial charge is 0.352 e. The lowest BCUT2D eigenvalue weighted by Crippen LogP contribution is -2.44. The van der Waals surface area contributed by atoms with E-state index in [1.165, 1.54) is 12.1 Å². The van der Waals surface area contributed by atoms with Crippen LogP contribution in [0, 0.1) is 11.2 Å². The third-order valence-corrected chi connectivity index (χ3v) is 7.99. The maximum absolute atomic E-state index is 13.3. The highest BCUT2D eigenvalue weighted by molar-refractivity contribution is 5.83. The summed E-state index contributed by atoms with van der Waals surface area (Å²) < 4.78 is 92.6. The molecule has 2 aromatic rings. The summed E-state index contributed by atoms with van der Waals surface area (Å²) in [4.78, 5) is 18.3. The van der Waals surface area contributed by atoms with E-state index in [-0.39, 0.29) is 36.0 Å². The van der Waals surface area contributed by atoms with Crippen LogP contribution in [0.3, 0.4) is 0 Å². The Kier molecular flexibility index (Phi) is 8.65. The number of hydrogen-bond acceptors (Lipinski definition) is 3. The van der Waals surface area contributed by atoms with Crippen LogP contribution in [0.25, 0.3) is 10.4 Å². The first kappa shape index (κ1) is 29.7. The number of hydrogen-bond donors (Lipinski definition) is 1. The van der Waals surface area contributed by atoms with Gasteiger partial charge < -0.3 is 10.2 Å². The molecule has 1 aliphatic heterocycles. The van der Waals surface area contributed by atoms with E-state index in [2.05, 4.69) is 20.2 Å². The molecule has 2 fully saturated rings. The van der Waals surface area contributed by atoms with Crippen LogP contribution in [0.15, 0.2) is 47.6 Å². The first-order valence-corrected chi connectivity index (χ1v) is 12.9. The first-order chi connectivity index (χ1) is 18.8. The van der Waals surface area contributed by atoms with Crippen LogP contribution in [0.2, 0.25) is 0 Å². The van der Waals surface area contributed by atoms with Crippen LogP contribution >= 0.6 is 0 Å². The molecule has 4 rings (SSSR count). The van der Waals surface area contributed by atoms with Gasteiger partial charge in [0.05, 0.1) is 16.5 Å². The molecule has 2 unspecified atom stereocenters. The van der Waals surface area contributed by atoms with Crippen molar-refractivity contribution in [1.82, 2.24) is 10.2 Å². The fourth-order valence-corrected chi connectivity index (χ4v) is 5.82. The zero-order chi connectivity index (χ0) is 29.1. The van der Waals surface area contributed by atoms with Gasteiger partial charge in [-0.05, 0) is 98.1 Å². The minimum atomic E-state index is -4.99. The quantitative estimate of drug-likeness (QED) is 0.165. The average molecular weight is 572 g/mol. The van der Waals surface area contributed by atoms with Crippen LogP contribution in [-0.4, -0.2) is 36.5 Å². The monoisotopic (exact) mass is 571 g/mol. The van der Waals surface area contributed by atoms with Gasteiger partial charge in [-0.25, -0.2) is 4.39 Å². The largest absolute Gasteiger partial charge is 0.416 e. The predicted octanol–water partition coefficient (Wildman–Crippen LogP) is 7.21. The molecule has 2 atom stereocenters. The van der Waals surface area contributed by atoms with E-state index in [0.717, 1.165) is 31.5 Å². The van der Waals surface area contributed by atoms with Crippen LogP contribution in [0.1, 0.15) is 60.3 Å². The van der Waals surface area contributed by atoms with Crippen LogP contribution < -0.4 is 5.32 Å². The Morgan fingerprint density at radius 1 is 1.00 bits per heavy atom. The van der Waals surface area contributed by atoms with Crippen molar-refractivity contribution in [3.05, 3.63) is 81.0 Å². The molecule has 40 heavy (non-hydrogen) atoms. The number of alkyl halides is 6. The number of carbonyl (C=O) groups excluding carboxylic acids is 1. The minimum absolute atomic E-state index is 0.000741. The molecule has 1 saturated carbocycles. The topological polar surface area (TPSA) is 81.1 Å². The number of benzene rings is 2. The molecule has 6 nitrogen and oxygen atoms in total. The zero-order valence-corrected chi connectivity index (χ0v) is 21.4. The summed E-state index contributed by atoms with van der Waals surface area (Å²) in [5, 5.41) is 6.10. The second kappa shape index (κ2) is 11.7. The Hall–Kier alpha value is -3.31. The molecule has 0 spiro atoms. The van der Waals surface area contributed by atoms with Gasteiger partial charge in [-0.1, -0.05) is 17.2 Å². The molecule has 1 saturated heterocycles. The summed E-state index contributed by atoms with van der Waals surface area (Å²) in [5.41, 5.74) is 5.57. The van der Waals surface area contributed by atoms with Crippen molar-refractivity contribution in [3.8, 4) is 0 Å². The number of piperidine rings is 1. The molecule has 1 heterocycles. The molecule has 2 aromatic carbocycles. The number of likely N-dealkylation sites (tertiary alicyclic amines) is 1. The highest BCUT2D eigenvalue weighted by Gasteiger charge is 2.47. The van der Waals surface area contributed by atoms with Crippen molar-refractivity contribution in [2.24, 2.45) is 10.5 Å². The normalized spacial score (nSPS) is 22.6. The van der Waals surface area contributed by atoms with E-state index < -0.39 is 41.3 Å². The summed E-state index contributed by atoms with van der Waals surface area (Å²) >= 11 is 0. The van der Waals surface area contributed by atoms with E-state index in [1.54, 1.807) is 12.1 Å². The average Bonchev–Trinajstić information content (AvgIpc) is 3.36. The number of nitrogens with one attached hydrogen (secondary N) is 1. The summed E-state index contributed by atoms with van der Waals surface area (Å²) in [7, 11) is 0. The Morgan fingerprint density at radius 3 is 2.15 bits per heavy atom. The fraction of sp³-hybridized carbons (Fsp3) is 0.519. The summed E-state index contributed by atoms with van der Waals surface area (Å²) in [6.07, 6.45) is -6.98. The number of halogens is 7. The van der Waals surface area contributed by atoms with Crippen LogP contribution in [-0.2, 0) is 23.7 Å². The van der Waals surface area contributed by atoms with Gasteiger partial charge in [0.1, 0.15) is 5.82 Å². The molecule has 1 amide bonds. The second-order valence-corrected chi connectivity index (χ2v) is 10.5. The number of amides is 1. The molecule has 1 N–H and O–H groups in total. The summed E-state index contributed by atoms with van der Waals surface area (Å²) in [6.45, 7) is 0.776. The summed E-state index contributed by atoms with van der Waals surface area (Å²) in [6, 6.07) is 7.63. The van der Waals surface area contributed by atoms with Gasteiger partial charge in [0, 0.05) is 24.0 Å². The lowest BCUT2D eigenvalue weighted by Gasteiger charge is -2.37. The Morgan fingerprint density at radius 2 is 1.60 bits per heavy atom. The van der Waals surface area contributed by atoms with Gasteiger partial charge in [0.15, 0.2) is 0 Å². The van der Waals surface area contributed by atoms with E-state index in [0.29, 0.717) is 31.4 Å². The van der Waals surface area contributed by atoms with E-state index in [1.807, 2.05) is 0 Å². The third-order valence-electron chi connectivity index (χ3n) is 7.99. The molecule has 13 heteroatoms. The van der Waals surface area contributed by atoms with Gasteiger partial charge in [0.25, 0.3) is 0 Å². The van der Waals surface area contributed by atoms with Crippen molar-refractivity contribution in [1.29, 1.82) is 0 Å². The third kappa shape index (κ3) is 6.87. The van der Waals surface area contributed by atoms with Crippen molar-refractivity contribution in [2.75, 3.05) is 19.6 Å². The minimum Gasteiger partial charge on any atom is -0.352 e. The first-order valence-electron chi connectivity index (χ1n) is 12.9. The van der Waals surface area contributed by atoms with Gasteiger partial charge in [-0.2, -0.15) is 26.3 Å². The molecule has 0 aromatic heterocycles. The Bertz CT molecular complexity index is 1220. The lowest BCUT2D eigenvalue weighted by molar-refractivity contribution is -0.143. The van der Waals surface area contributed by atoms with Crippen molar-refractivity contribution in [3.63, 3.8) is 0 Å². The molecule has 0 bridgehead atoms. The lowest BCUT2D eigenvalue weighted by atomic mass is 9.84. The molecular weight excluding hydrogens is 543 g/mol. The van der Waals surface area contributed by atoms with E-state index in [9.17, 15) is 35.5 Å². The number of carbonyl (C=O) groups is 1. The molecule has 216 valence electrons. The Balaban J connectivity index is 1.43. The van der Waals surface area contributed by atoms with Crippen molar-refractivity contribution < 1.29 is 35.5 Å². The predicted molar refractivity (Wildman–Crippen MR) is 132 cm³/mol. The zero-order valence-electron chi connectivity index (χ0n) is 21.4. The highest BCUT2D eigenvalue weighted by atomic mass is 19.4. The van der Waals surface area contributed by atoms with Crippen molar-refractivity contribution in [2.45, 2.75) is 63.0 Å². The van der Waals surface area contributed by atoms with E-state index in [4.69, 9.17) is 5.53 Å². The number of rotatable bonds is 7. The van der Waals surface area contributed by atoms with Gasteiger partial charge in [-0.3, -0.25) is 4.79 Å². The maximum Gasteiger partial charge on any atom is 0.416 e. The molecule has 2 aliphatic rings. The van der Waals surface area contributed by atoms with Gasteiger partial charge in [-0.15, -0.1) is 0 Å². The van der Waals surface area contributed by atoms with Crippen LogP contribution in [0.4, 0.5) is 30.7 Å². The number of nitrogens with zero attached hydrogens (tertiary/aromatic N) is 4. The number of azide groups is 1. The van der Waals surface area contributed by atoms with E-state index >= 15 is 0 Å². The van der Waals surface area contributed by atoms with Crippen molar-refractivity contribution >= 4 is 5.91 Å². The highest BCUT2D eigenvalue weighted by Crippen LogP contribution is 2.43. The molecule has 0 radical (unpaired) electrons.